The molecule has 112 valence electrons. The maximum atomic E-state index is 10.6. The van der Waals surface area contributed by atoms with Gasteiger partial charge in [0.1, 0.15) is 5.78 Å². The van der Waals surface area contributed by atoms with Crippen molar-refractivity contribution in [1.29, 1.82) is 0 Å². The molecule has 0 unspecified atom stereocenters. The van der Waals surface area contributed by atoms with Crippen LogP contribution in [-0.4, -0.2) is 11.6 Å². The molecule has 0 spiro atoms. The van der Waals surface area contributed by atoms with Crippen LogP contribution in [0, 0.1) is 0 Å². The second kappa shape index (κ2) is 12.6. The van der Waals surface area contributed by atoms with E-state index in [-0.39, 0.29) is 5.78 Å². The van der Waals surface area contributed by atoms with Crippen molar-refractivity contribution in [2.24, 2.45) is 0 Å². The van der Waals surface area contributed by atoms with Gasteiger partial charge in [0.2, 0.25) is 0 Å². The Morgan fingerprint density at radius 2 is 1.40 bits per heavy atom. The molecule has 20 heavy (non-hydrogen) atoms. The smallest absolute Gasteiger partial charge is 0.159 e. The number of carbonyl (C=O) groups excluding carboxylic acids is 2. The van der Waals surface area contributed by atoms with E-state index in [9.17, 15) is 9.59 Å². The topological polar surface area (TPSA) is 34.1 Å². The number of Topliss-reactive ketones (excluding diaryl/α,β-unsaturated/α-hetero) is 2. The van der Waals surface area contributed by atoms with E-state index in [0.29, 0.717) is 5.78 Å². The van der Waals surface area contributed by atoms with E-state index < -0.39 is 0 Å². The van der Waals surface area contributed by atoms with E-state index in [1.54, 1.807) is 13.8 Å². The average Bonchev–Trinajstić information content (AvgIpc) is 2.44. The van der Waals surface area contributed by atoms with Gasteiger partial charge in [0, 0.05) is 12.0 Å². The lowest BCUT2D eigenvalue weighted by molar-refractivity contribution is -0.117. The van der Waals surface area contributed by atoms with E-state index in [0.717, 1.165) is 18.4 Å². The summed E-state index contributed by atoms with van der Waals surface area (Å²) in [5.41, 5.74) is 0.775. The predicted molar refractivity (Wildman–Crippen MR) is 85.1 cm³/mol. The Morgan fingerprint density at radius 1 is 0.850 bits per heavy atom. The molecule has 0 bridgehead atoms. The normalized spacial score (nSPS) is 9.55. The van der Waals surface area contributed by atoms with Crippen molar-refractivity contribution < 1.29 is 9.59 Å². The molecule has 0 heterocycles. The summed E-state index contributed by atoms with van der Waals surface area (Å²) < 4.78 is 0. The van der Waals surface area contributed by atoms with E-state index in [1.165, 1.54) is 32.1 Å². The Balaban J connectivity index is 0.000000367. The van der Waals surface area contributed by atoms with Gasteiger partial charge in [-0.2, -0.15) is 0 Å². The van der Waals surface area contributed by atoms with Gasteiger partial charge in [-0.25, -0.2) is 0 Å². The molecular weight excluding hydrogens is 248 g/mol. The number of rotatable bonds is 8. The van der Waals surface area contributed by atoms with Crippen LogP contribution >= 0.6 is 0 Å². The Hall–Kier alpha value is -1.44. The van der Waals surface area contributed by atoms with Crippen LogP contribution in [0.15, 0.2) is 30.3 Å². The third kappa shape index (κ3) is 11.6. The first-order chi connectivity index (χ1) is 9.57. The SMILES string of the molecule is CC(=O)c1ccccc1.CCCCCCCCC(C)=O. The first-order valence-electron chi connectivity index (χ1n) is 7.63. The molecule has 1 rings (SSSR count). The van der Waals surface area contributed by atoms with Crippen molar-refractivity contribution in [3.63, 3.8) is 0 Å². The van der Waals surface area contributed by atoms with Gasteiger partial charge < -0.3 is 4.79 Å². The van der Waals surface area contributed by atoms with Gasteiger partial charge in [0.25, 0.3) is 0 Å². The van der Waals surface area contributed by atoms with Crippen molar-refractivity contribution in [1.82, 2.24) is 0 Å². The molecule has 0 N–H and O–H groups in total. The second-order valence-corrected chi connectivity index (χ2v) is 5.14. The molecule has 0 aliphatic carbocycles. The van der Waals surface area contributed by atoms with Crippen molar-refractivity contribution >= 4 is 11.6 Å². The Labute approximate surface area is 123 Å². The van der Waals surface area contributed by atoms with Gasteiger partial charge in [-0.15, -0.1) is 0 Å². The highest BCUT2D eigenvalue weighted by atomic mass is 16.1. The number of ketones is 2. The largest absolute Gasteiger partial charge is 0.300 e. The van der Waals surface area contributed by atoms with E-state index in [4.69, 9.17) is 0 Å². The maximum Gasteiger partial charge on any atom is 0.159 e. The highest BCUT2D eigenvalue weighted by Gasteiger charge is 1.93. The Morgan fingerprint density at radius 3 is 1.85 bits per heavy atom. The van der Waals surface area contributed by atoms with Crippen LogP contribution in [0.5, 0.6) is 0 Å². The minimum atomic E-state index is 0.121. The minimum absolute atomic E-state index is 0.121. The van der Waals surface area contributed by atoms with E-state index >= 15 is 0 Å². The molecule has 0 radical (unpaired) electrons. The third-order valence-electron chi connectivity index (χ3n) is 3.06. The molecular formula is C18H28O2. The van der Waals surface area contributed by atoms with Crippen molar-refractivity contribution in [2.45, 2.75) is 65.7 Å². The Bertz CT molecular complexity index is 368. The molecule has 2 nitrogen and oxygen atoms in total. The van der Waals surface area contributed by atoms with Crippen LogP contribution < -0.4 is 0 Å². The summed E-state index contributed by atoms with van der Waals surface area (Å²) >= 11 is 0. The van der Waals surface area contributed by atoms with Crippen LogP contribution in [-0.2, 0) is 4.79 Å². The fourth-order valence-electron chi connectivity index (χ4n) is 1.83. The van der Waals surface area contributed by atoms with Crippen LogP contribution in [0.4, 0.5) is 0 Å². The molecule has 0 fully saturated rings. The quantitative estimate of drug-likeness (QED) is 0.482. The zero-order chi connectivity index (χ0) is 15.2. The molecule has 0 aromatic heterocycles. The van der Waals surface area contributed by atoms with Gasteiger partial charge in [-0.3, -0.25) is 4.79 Å². The summed E-state index contributed by atoms with van der Waals surface area (Å²) in [6, 6.07) is 9.23. The zero-order valence-corrected chi connectivity index (χ0v) is 13.2. The van der Waals surface area contributed by atoms with Crippen LogP contribution in [0.25, 0.3) is 0 Å². The first kappa shape index (κ1) is 18.6. The molecule has 1 aromatic carbocycles. The number of carbonyl (C=O) groups is 2. The molecule has 0 aliphatic heterocycles. The van der Waals surface area contributed by atoms with Gasteiger partial charge >= 0.3 is 0 Å². The monoisotopic (exact) mass is 276 g/mol. The summed E-state index contributed by atoms with van der Waals surface area (Å²) in [4.78, 5) is 21.2. The molecule has 1 aromatic rings. The van der Waals surface area contributed by atoms with Gasteiger partial charge in [-0.05, 0) is 20.3 Å². The minimum Gasteiger partial charge on any atom is -0.300 e. The first-order valence-corrected chi connectivity index (χ1v) is 7.63. The number of hydrogen-bond donors (Lipinski definition) is 0. The zero-order valence-electron chi connectivity index (χ0n) is 13.2. The van der Waals surface area contributed by atoms with Gasteiger partial charge in [0.15, 0.2) is 5.78 Å². The lowest BCUT2D eigenvalue weighted by atomic mass is 10.1. The van der Waals surface area contributed by atoms with Gasteiger partial charge in [-0.1, -0.05) is 69.4 Å². The van der Waals surface area contributed by atoms with Crippen molar-refractivity contribution in [2.75, 3.05) is 0 Å². The molecule has 0 saturated carbocycles. The lowest BCUT2D eigenvalue weighted by Crippen LogP contribution is -1.88. The highest BCUT2D eigenvalue weighted by molar-refractivity contribution is 5.93. The van der Waals surface area contributed by atoms with Crippen LogP contribution in [0.3, 0.4) is 0 Å². The lowest BCUT2D eigenvalue weighted by Gasteiger charge is -1.97. The summed E-state index contributed by atoms with van der Waals surface area (Å²) in [5, 5.41) is 0. The van der Waals surface area contributed by atoms with Crippen molar-refractivity contribution in [3.05, 3.63) is 35.9 Å². The van der Waals surface area contributed by atoms with Crippen LogP contribution in [0.2, 0.25) is 0 Å². The fourth-order valence-corrected chi connectivity index (χ4v) is 1.83. The van der Waals surface area contributed by atoms with E-state index in [1.807, 2.05) is 30.3 Å². The summed E-state index contributed by atoms with van der Waals surface area (Å²) in [7, 11) is 0. The Kier molecular flexibility index (Phi) is 11.7. The summed E-state index contributed by atoms with van der Waals surface area (Å²) in [6.07, 6.45) is 8.41. The van der Waals surface area contributed by atoms with Crippen molar-refractivity contribution in [3.8, 4) is 0 Å². The van der Waals surface area contributed by atoms with Crippen LogP contribution in [0.1, 0.15) is 76.1 Å². The fraction of sp³-hybridized carbons (Fsp3) is 0.556. The second-order valence-electron chi connectivity index (χ2n) is 5.14. The molecule has 0 aliphatic rings. The molecule has 0 amide bonds. The third-order valence-corrected chi connectivity index (χ3v) is 3.06. The van der Waals surface area contributed by atoms with Gasteiger partial charge in [0.05, 0.1) is 0 Å². The maximum absolute atomic E-state index is 10.6. The molecule has 2 heteroatoms. The number of unbranched alkanes of at least 4 members (excludes halogenated alkanes) is 5. The highest BCUT2D eigenvalue weighted by Crippen LogP contribution is 2.06. The summed E-state index contributed by atoms with van der Waals surface area (Å²) in [5.74, 6) is 0.455. The number of hydrogen-bond acceptors (Lipinski definition) is 2. The predicted octanol–water partition coefficient (Wildman–Crippen LogP) is 5.22. The molecule has 0 atom stereocenters. The number of benzene rings is 1. The van der Waals surface area contributed by atoms with E-state index in [2.05, 4.69) is 6.92 Å². The average molecular weight is 276 g/mol. The molecule has 0 saturated heterocycles. The standard InChI is InChI=1S/C10H20O.C8H8O/c1-3-4-5-6-7-8-9-10(2)11;1-7(9)8-5-3-2-4-6-8/h3-9H2,1-2H3;2-6H,1H3. The summed E-state index contributed by atoms with van der Waals surface area (Å²) in [6.45, 7) is 5.46.